The van der Waals surface area contributed by atoms with Crippen LogP contribution in [0.3, 0.4) is 0 Å². The predicted octanol–water partition coefficient (Wildman–Crippen LogP) is 7.91. The van der Waals surface area contributed by atoms with Gasteiger partial charge < -0.3 is 25.2 Å². The van der Waals surface area contributed by atoms with Crippen molar-refractivity contribution in [2.75, 3.05) is 18.0 Å². The number of carbonyl (C=O) groups excluding carboxylic acids is 2. The van der Waals surface area contributed by atoms with Gasteiger partial charge in [-0.3, -0.25) is 9.59 Å². The minimum Gasteiger partial charge on any atom is -0.389 e. The van der Waals surface area contributed by atoms with Crippen LogP contribution in [0.2, 0.25) is 10.0 Å². The minimum atomic E-state index is -1.04. The molecule has 1 aromatic heterocycles. The van der Waals surface area contributed by atoms with E-state index in [0.29, 0.717) is 50.8 Å². The first-order chi connectivity index (χ1) is 22.5. The Hall–Kier alpha value is -2.81. The van der Waals surface area contributed by atoms with Crippen molar-refractivity contribution < 1.29 is 14.7 Å². The van der Waals surface area contributed by atoms with Gasteiger partial charge in [-0.15, -0.1) is 0 Å². The summed E-state index contributed by atoms with van der Waals surface area (Å²) in [5, 5.41) is 18.4. The number of hydrogen-bond acceptors (Lipinski definition) is 5. The van der Waals surface area contributed by atoms with Gasteiger partial charge in [0.1, 0.15) is 5.82 Å². The summed E-state index contributed by atoms with van der Waals surface area (Å²) in [6, 6.07) is 7.82. The molecule has 262 valence electrons. The maximum Gasteiger partial charge on any atom is 0.253 e. The van der Waals surface area contributed by atoms with Crippen molar-refractivity contribution in [3.8, 4) is 0 Å². The van der Waals surface area contributed by atoms with Crippen LogP contribution in [0.25, 0.3) is 11.0 Å². The summed E-state index contributed by atoms with van der Waals surface area (Å²) < 4.78 is 2.04. The molecular weight excluding hydrogens is 645 g/mol. The van der Waals surface area contributed by atoms with Gasteiger partial charge in [-0.05, 0) is 93.5 Å². The molecule has 3 N–H and O–H groups in total. The number of nitrogens with zero attached hydrogens (tertiary/aromatic N) is 3. The Labute approximate surface area is 296 Å². The highest BCUT2D eigenvalue weighted by atomic mass is 35.5. The summed E-state index contributed by atoms with van der Waals surface area (Å²) in [5.74, 6) is 1.90. The molecule has 2 aliphatic rings. The number of benzene rings is 2. The van der Waals surface area contributed by atoms with Crippen molar-refractivity contribution in [2.45, 2.75) is 118 Å². The molecule has 2 amide bonds. The van der Waals surface area contributed by atoms with E-state index in [0.717, 1.165) is 68.4 Å². The molecule has 2 aromatic carbocycles. The van der Waals surface area contributed by atoms with Crippen LogP contribution < -0.4 is 15.5 Å². The molecule has 1 saturated carbocycles. The van der Waals surface area contributed by atoms with Gasteiger partial charge in [-0.25, -0.2) is 4.98 Å². The zero-order valence-corrected chi connectivity index (χ0v) is 31.2. The topological polar surface area (TPSA) is 99.5 Å². The molecule has 0 atom stereocenters. The molecule has 0 spiro atoms. The molecule has 0 radical (unpaired) electrons. The summed E-state index contributed by atoms with van der Waals surface area (Å²) >= 11 is 13.7. The Balaban J connectivity index is 1.56. The number of fused-ring (bicyclic) bond motifs is 1. The third kappa shape index (κ3) is 8.67. The number of halogens is 2. The van der Waals surface area contributed by atoms with Crippen LogP contribution in [0.4, 0.5) is 5.69 Å². The van der Waals surface area contributed by atoms with E-state index in [1.807, 2.05) is 37.5 Å². The van der Waals surface area contributed by atoms with E-state index in [1.54, 1.807) is 19.9 Å². The summed E-state index contributed by atoms with van der Waals surface area (Å²) in [7, 11) is 0. The van der Waals surface area contributed by atoms with Crippen molar-refractivity contribution in [3.05, 3.63) is 56.8 Å². The van der Waals surface area contributed by atoms with E-state index in [2.05, 4.69) is 35.4 Å². The molecule has 5 rings (SSSR count). The van der Waals surface area contributed by atoms with Gasteiger partial charge in [-0.2, -0.15) is 0 Å². The molecule has 3 aromatic rings. The van der Waals surface area contributed by atoms with Gasteiger partial charge in [0.25, 0.3) is 5.91 Å². The van der Waals surface area contributed by atoms with Crippen LogP contribution in [-0.4, -0.2) is 51.2 Å². The SMILES string of the molecule is CC1CCC(NC(=O)c2cc3nc(Cc4c(Cl)ccc(CNC(=O)C(C)(C)C)c4Cl)n(CC(C)(C)O)c3cc2N2CCC(C)CC2)CC1. The fraction of sp³-hybridized carbons (Fsp3) is 0.605. The number of hydrogen-bond donors (Lipinski definition) is 3. The average Bonchev–Trinajstić information content (AvgIpc) is 3.33. The van der Waals surface area contributed by atoms with E-state index in [9.17, 15) is 14.7 Å². The highest BCUT2D eigenvalue weighted by Crippen LogP contribution is 2.35. The summed E-state index contributed by atoms with van der Waals surface area (Å²) in [4.78, 5) is 34.0. The maximum atomic E-state index is 14.0. The lowest BCUT2D eigenvalue weighted by atomic mass is 9.87. The number of imidazole rings is 1. The largest absolute Gasteiger partial charge is 0.389 e. The van der Waals surface area contributed by atoms with Gasteiger partial charge in [0.2, 0.25) is 5.91 Å². The number of piperidine rings is 1. The summed E-state index contributed by atoms with van der Waals surface area (Å²) in [6.07, 6.45) is 6.69. The van der Waals surface area contributed by atoms with Crippen molar-refractivity contribution >= 4 is 51.7 Å². The number of anilines is 1. The molecule has 2 heterocycles. The molecule has 48 heavy (non-hydrogen) atoms. The lowest BCUT2D eigenvalue weighted by Gasteiger charge is -2.34. The van der Waals surface area contributed by atoms with Gasteiger partial charge >= 0.3 is 0 Å². The van der Waals surface area contributed by atoms with Crippen LogP contribution >= 0.6 is 23.2 Å². The highest BCUT2D eigenvalue weighted by Gasteiger charge is 2.28. The Morgan fingerprint density at radius 1 is 0.958 bits per heavy atom. The molecule has 1 aliphatic heterocycles. The third-order valence-corrected chi connectivity index (χ3v) is 10.8. The average molecular weight is 699 g/mol. The first-order valence-corrected chi connectivity index (χ1v) is 18.3. The first kappa shape index (κ1) is 36.5. The second-order valence-electron chi connectivity index (χ2n) is 16.0. The van der Waals surface area contributed by atoms with Crippen molar-refractivity contribution in [1.29, 1.82) is 0 Å². The van der Waals surface area contributed by atoms with E-state index < -0.39 is 11.0 Å². The normalized spacial score (nSPS) is 19.5. The second-order valence-corrected chi connectivity index (χ2v) is 16.8. The Kier molecular flexibility index (Phi) is 11.1. The highest BCUT2D eigenvalue weighted by molar-refractivity contribution is 6.36. The standard InChI is InChI=1S/C38H53Cl2N5O3/c1-23-8-11-26(12-9-23)42-35(46)28-18-30-32(20-31(28)44-16-14-24(2)15-17-44)45(22-38(6,7)48)33(43-30)19-27-29(39)13-10-25(34(27)40)21-41-36(47)37(3,4)5/h10,13,18,20,23-24,26,48H,8-9,11-12,14-17,19,21-22H2,1-7H3,(H,41,47)(H,42,46). The first-order valence-electron chi connectivity index (χ1n) is 17.6. The van der Waals surface area contributed by atoms with Crippen molar-refractivity contribution in [2.24, 2.45) is 17.3 Å². The fourth-order valence-corrected chi connectivity index (χ4v) is 7.38. The monoisotopic (exact) mass is 697 g/mol. The maximum absolute atomic E-state index is 14.0. The molecule has 0 bridgehead atoms. The van der Waals surface area contributed by atoms with E-state index in [-0.39, 0.29) is 30.9 Å². The molecular formula is C38H53Cl2N5O3. The lowest BCUT2D eigenvalue weighted by molar-refractivity contribution is -0.128. The number of aromatic nitrogens is 2. The van der Waals surface area contributed by atoms with Crippen molar-refractivity contribution in [1.82, 2.24) is 20.2 Å². The zero-order valence-electron chi connectivity index (χ0n) is 29.7. The number of nitrogens with one attached hydrogen (secondary N) is 2. The number of rotatable bonds is 9. The predicted molar refractivity (Wildman–Crippen MR) is 196 cm³/mol. The van der Waals surface area contributed by atoms with Crippen LogP contribution in [0, 0.1) is 17.3 Å². The third-order valence-electron chi connectivity index (χ3n) is 9.93. The van der Waals surface area contributed by atoms with Gasteiger partial charge in [0.05, 0.1) is 39.5 Å². The smallest absolute Gasteiger partial charge is 0.253 e. The zero-order chi connectivity index (χ0) is 35.0. The molecule has 0 unspecified atom stereocenters. The number of carbonyl (C=O) groups is 2. The summed E-state index contributed by atoms with van der Waals surface area (Å²) in [6.45, 7) is 16.0. The fourth-order valence-electron chi connectivity index (χ4n) is 6.81. The number of aliphatic hydroxyl groups is 1. The van der Waals surface area contributed by atoms with Crippen LogP contribution in [0.1, 0.15) is 114 Å². The van der Waals surface area contributed by atoms with Gasteiger partial charge in [0, 0.05) is 42.5 Å². The molecule has 10 heteroatoms. The van der Waals surface area contributed by atoms with E-state index >= 15 is 0 Å². The molecule has 2 fully saturated rings. The van der Waals surface area contributed by atoms with Crippen molar-refractivity contribution in [3.63, 3.8) is 0 Å². The lowest BCUT2D eigenvalue weighted by Crippen LogP contribution is -2.39. The Morgan fingerprint density at radius 3 is 2.23 bits per heavy atom. The minimum absolute atomic E-state index is 0.0558. The van der Waals surface area contributed by atoms with Crippen LogP contribution in [0.15, 0.2) is 24.3 Å². The molecule has 8 nitrogen and oxygen atoms in total. The summed E-state index contributed by atoms with van der Waals surface area (Å²) in [5.41, 5.74) is 2.98. The van der Waals surface area contributed by atoms with E-state index in [1.165, 1.54) is 0 Å². The van der Waals surface area contributed by atoms with Gasteiger partial charge in [0.15, 0.2) is 0 Å². The molecule has 1 aliphatic carbocycles. The van der Waals surface area contributed by atoms with Crippen LogP contribution in [-0.2, 0) is 24.3 Å². The van der Waals surface area contributed by atoms with E-state index in [4.69, 9.17) is 28.2 Å². The second kappa shape index (κ2) is 14.6. The van der Waals surface area contributed by atoms with Gasteiger partial charge in [-0.1, -0.05) is 63.9 Å². The molecule has 1 saturated heterocycles. The Morgan fingerprint density at radius 2 is 1.60 bits per heavy atom. The Bertz CT molecular complexity index is 1640. The quantitative estimate of drug-likeness (QED) is 0.211. The number of amides is 2. The van der Waals surface area contributed by atoms with Crippen LogP contribution in [0.5, 0.6) is 0 Å².